The lowest BCUT2D eigenvalue weighted by atomic mass is 10.2. The van der Waals surface area contributed by atoms with E-state index in [4.69, 9.17) is 19.2 Å². The summed E-state index contributed by atoms with van der Waals surface area (Å²) in [6.07, 6.45) is 0.411. The number of ether oxygens (including phenoxy) is 2. The molecular formula is C17H17NO5. The fourth-order valence-electron chi connectivity index (χ4n) is 1.99. The number of benzene rings is 1. The highest BCUT2D eigenvalue weighted by Crippen LogP contribution is 2.19. The van der Waals surface area contributed by atoms with Crippen LogP contribution in [0.1, 0.15) is 26.2 Å². The predicted molar refractivity (Wildman–Crippen MR) is 83.0 cm³/mol. The van der Waals surface area contributed by atoms with Crippen molar-refractivity contribution in [3.05, 3.63) is 40.8 Å². The van der Waals surface area contributed by atoms with Crippen LogP contribution < -0.4 is 10.4 Å². The van der Waals surface area contributed by atoms with Crippen LogP contribution in [0.25, 0.3) is 11.0 Å². The molecule has 2 rings (SSSR count). The third-order valence-corrected chi connectivity index (χ3v) is 3.12. The van der Waals surface area contributed by atoms with E-state index in [-0.39, 0.29) is 19.0 Å². The SMILES string of the molecule is CCCC(=O)OC(C#N)CCOc1ccc2ccc(=O)oc2c1. The van der Waals surface area contributed by atoms with Gasteiger partial charge in [0.2, 0.25) is 0 Å². The second-order valence-electron chi connectivity index (χ2n) is 4.95. The van der Waals surface area contributed by atoms with Gasteiger partial charge < -0.3 is 13.9 Å². The van der Waals surface area contributed by atoms with Crippen molar-refractivity contribution in [1.82, 2.24) is 0 Å². The first-order chi connectivity index (χ1) is 11.1. The third kappa shape index (κ3) is 4.85. The fourth-order valence-corrected chi connectivity index (χ4v) is 1.99. The standard InChI is InChI=1S/C17H17NO5/c1-2-3-16(19)22-14(11-18)8-9-21-13-6-4-12-5-7-17(20)23-15(12)10-13/h4-7,10,14H,2-3,8-9H2,1H3. The van der Waals surface area contributed by atoms with E-state index in [1.165, 1.54) is 6.07 Å². The van der Waals surface area contributed by atoms with Crippen LogP contribution in [-0.2, 0) is 9.53 Å². The van der Waals surface area contributed by atoms with Crippen LogP contribution in [0.5, 0.6) is 5.75 Å². The van der Waals surface area contributed by atoms with Gasteiger partial charge in [0.05, 0.1) is 6.61 Å². The van der Waals surface area contributed by atoms with E-state index in [1.54, 1.807) is 24.3 Å². The van der Waals surface area contributed by atoms with E-state index in [0.717, 1.165) is 5.39 Å². The van der Waals surface area contributed by atoms with Crippen molar-refractivity contribution in [2.45, 2.75) is 32.3 Å². The van der Waals surface area contributed by atoms with Gasteiger partial charge in [0.25, 0.3) is 0 Å². The zero-order valence-corrected chi connectivity index (χ0v) is 12.8. The molecule has 1 heterocycles. The number of hydrogen-bond acceptors (Lipinski definition) is 6. The Morgan fingerprint density at radius 2 is 2.13 bits per heavy atom. The van der Waals surface area contributed by atoms with Crippen molar-refractivity contribution < 1.29 is 18.7 Å². The van der Waals surface area contributed by atoms with Crippen molar-refractivity contribution in [3.63, 3.8) is 0 Å². The average Bonchev–Trinajstić information content (AvgIpc) is 2.53. The number of carbonyl (C=O) groups excluding carboxylic acids is 1. The van der Waals surface area contributed by atoms with Crippen LogP contribution in [0.3, 0.4) is 0 Å². The first-order valence-electron chi connectivity index (χ1n) is 7.38. The lowest BCUT2D eigenvalue weighted by Crippen LogP contribution is -2.19. The van der Waals surface area contributed by atoms with E-state index in [0.29, 0.717) is 24.2 Å². The first kappa shape index (κ1) is 16.6. The minimum atomic E-state index is -0.826. The Morgan fingerprint density at radius 1 is 1.35 bits per heavy atom. The maximum Gasteiger partial charge on any atom is 0.336 e. The number of esters is 1. The number of hydrogen-bond donors (Lipinski definition) is 0. The Hall–Kier alpha value is -2.81. The zero-order chi connectivity index (χ0) is 16.7. The minimum Gasteiger partial charge on any atom is -0.493 e. The number of carbonyl (C=O) groups is 1. The number of rotatable bonds is 7. The van der Waals surface area contributed by atoms with Crippen LogP contribution in [0.2, 0.25) is 0 Å². The summed E-state index contributed by atoms with van der Waals surface area (Å²) < 4.78 is 15.6. The summed E-state index contributed by atoms with van der Waals surface area (Å²) in [6.45, 7) is 2.07. The molecule has 1 atom stereocenters. The quantitative estimate of drug-likeness (QED) is 0.576. The van der Waals surface area contributed by atoms with E-state index in [9.17, 15) is 9.59 Å². The first-order valence-corrected chi connectivity index (χ1v) is 7.38. The van der Waals surface area contributed by atoms with Gasteiger partial charge in [-0.1, -0.05) is 6.92 Å². The highest BCUT2D eigenvalue weighted by molar-refractivity contribution is 5.77. The van der Waals surface area contributed by atoms with Crippen LogP contribution in [0.4, 0.5) is 0 Å². The van der Waals surface area contributed by atoms with Gasteiger partial charge in [-0.2, -0.15) is 5.26 Å². The smallest absolute Gasteiger partial charge is 0.336 e. The Morgan fingerprint density at radius 3 is 2.87 bits per heavy atom. The summed E-state index contributed by atoms with van der Waals surface area (Å²) >= 11 is 0. The highest BCUT2D eigenvalue weighted by atomic mass is 16.5. The van der Waals surface area contributed by atoms with E-state index in [1.807, 2.05) is 13.0 Å². The second-order valence-corrected chi connectivity index (χ2v) is 4.95. The maximum atomic E-state index is 11.4. The number of nitrogens with zero attached hydrogens (tertiary/aromatic N) is 1. The van der Waals surface area contributed by atoms with Crippen LogP contribution in [0, 0.1) is 11.3 Å². The number of nitriles is 1. The molecule has 0 bridgehead atoms. The molecule has 1 aromatic carbocycles. The molecule has 2 aromatic rings. The minimum absolute atomic E-state index is 0.209. The van der Waals surface area contributed by atoms with Crippen LogP contribution in [-0.4, -0.2) is 18.7 Å². The highest BCUT2D eigenvalue weighted by Gasteiger charge is 2.13. The Bertz CT molecular complexity index is 774. The summed E-state index contributed by atoms with van der Waals surface area (Å²) in [6, 6.07) is 10.1. The Labute approximate surface area is 133 Å². The monoisotopic (exact) mass is 315 g/mol. The van der Waals surface area contributed by atoms with Crippen molar-refractivity contribution >= 4 is 16.9 Å². The van der Waals surface area contributed by atoms with Gasteiger partial charge in [-0.15, -0.1) is 0 Å². The predicted octanol–water partition coefficient (Wildman–Crippen LogP) is 2.80. The van der Waals surface area contributed by atoms with Gasteiger partial charge in [0.1, 0.15) is 17.4 Å². The third-order valence-electron chi connectivity index (χ3n) is 3.12. The van der Waals surface area contributed by atoms with Gasteiger partial charge in [0, 0.05) is 30.4 Å². The van der Waals surface area contributed by atoms with Crippen molar-refractivity contribution in [1.29, 1.82) is 5.26 Å². The zero-order valence-electron chi connectivity index (χ0n) is 12.8. The van der Waals surface area contributed by atoms with Crippen LogP contribution >= 0.6 is 0 Å². The molecule has 0 aliphatic rings. The molecule has 0 N–H and O–H groups in total. The van der Waals surface area contributed by atoms with E-state index >= 15 is 0 Å². The molecule has 0 amide bonds. The molecule has 0 saturated heterocycles. The summed E-state index contributed by atoms with van der Waals surface area (Å²) in [5, 5.41) is 9.77. The Balaban J connectivity index is 1.91. The molecule has 23 heavy (non-hydrogen) atoms. The molecule has 0 fully saturated rings. The van der Waals surface area contributed by atoms with Crippen LogP contribution in [0.15, 0.2) is 39.5 Å². The van der Waals surface area contributed by atoms with E-state index in [2.05, 4.69) is 0 Å². The van der Waals surface area contributed by atoms with Crippen molar-refractivity contribution in [3.8, 4) is 11.8 Å². The van der Waals surface area contributed by atoms with Crippen molar-refractivity contribution in [2.75, 3.05) is 6.61 Å². The van der Waals surface area contributed by atoms with Crippen molar-refractivity contribution in [2.24, 2.45) is 0 Å². The molecule has 1 unspecified atom stereocenters. The Kier molecular flexibility index (Phi) is 5.75. The summed E-state index contributed by atoms with van der Waals surface area (Å²) in [5.41, 5.74) is 0.00300. The molecule has 0 aliphatic heterocycles. The lowest BCUT2D eigenvalue weighted by Gasteiger charge is -2.11. The lowest BCUT2D eigenvalue weighted by molar-refractivity contribution is -0.147. The molecule has 0 radical (unpaired) electrons. The summed E-state index contributed by atoms with van der Waals surface area (Å²) in [4.78, 5) is 22.6. The topological polar surface area (TPSA) is 89.5 Å². The molecule has 120 valence electrons. The van der Waals surface area contributed by atoms with Gasteiger partial charge in [-0.3, -0.25) is 4.79 Å². The van der Waals surface area contributed by atoms with Gasteiger partial charge in [0.15, 0.2) is 6.10 Å². The largest absolute Gasteiger partial charge is 0.493 e. The van der Waals surface area contributed by atoms with Gasteiger partial charge >= 0.3 is 11.6 Å². The molecule has 6 nitrogen and oxygen atoms in total. The number of fused-ring (bicyclic) bond motifs is 1. The maximum absolute atomic E-state index is 11.4. The molecule has 6 heteroatoms. The van der Waals surface area contributed by atoms with Gasteiger partial charge in [-0.25, -0.2) is 4.79 Å². The second kappa shape index (κ2) is 7.99. The van der Waals surface area contributed by atoms with E-state index < -0.39 is 11.7 Å². The fraction of sp³-hybridized carbons (Fsp3) is 0.353. The summed E-state index contributed by atoms with van der Waals surface area (Å²) in [5.74, 6) is 0.134. The average molecular weight is 315 g/mol. The molecule has 1 aromatic heterocycles. The summed E-state index contributed by atoms with van der Waals surface area (Å²) in [7, 11) is 0. The molecule has 0 spiro atoms. The molecule has 0 aliphatic carbocycles. The molecule has 0 saturated carbocycles. The normalized spacial score (nSPS) is 11.7. The van der Waals surface area contributed by atoms with Gasteiger partial charge in [-0.05, 0) is 24.6 Å². The molecular weight excluding hydrogens is 298 g/mol.